The topological polar surface area (TPSA) is 69.8 Å². The fourth-order valence-corrected chi connectivity index (χ4v) is 3.12. The van der Waals surface area contributed by atoms with Crippen LogP contribution in [0.25, 0.3) is 0 Å². The third kappa shape index (κ3) is 3.48. The van der Waals surface area contributed by atoms with Crippen molar-refractivity contribution >= 4 is 5.91 Å². The molecule has 0 aliphatic carbocycles. The van der Waals surface area contributed by atoms with Gasteiger partial charge in [-0.25, -0.2) is 4.39 Å². The van der Waals surface area contributed by atoms with Crippen molar-refractivity contribution in [2.45, 2.75) is 32.7 Å². The maximum atomic E-state index is 13.9. The van der Waals surface area contributed by atoms with E-state index in [2.05, 4.69) is 20.8 Å². The molecule has 0 spiro atoms. The van der Waals surface area contributed by atoms with Gasteiger partial charge >= 0.3 is 0 Å². The van der Waals surface area contributed by atoms with Gasteiger partial charge in [0, 0.05) is 31.2 Å². The summed E-state index contributed by atoms with van der Waals surface area (Å²) in [6.07, 6.45) is 1.08. The van der Waals surface area contributed by atoms with Crippen LogP contribution in [0.2, 0.25) is 0 Å². The van der Waals surface area contributed by atoms with Crippen molar-refractivity contribution in [1.82, 2.24) is 20.8 Å². The molecule has 3 rings (SSSR count). The average molecular weight is 330 g/mol. The molecule has 1 fully saturated rings. The van der Waals surface area contributed by atoms with Crippen molar-refractivity contribution < 1.29 is 9.18 Å². The van der Waals surface area contributed by atoms with Gasteiger partial charge in [0.25, 0.3) is 0 Å². The Kier molecular flexibility index (Phi) is 4.66. The summed E-state index contributed by atoms with van der Waals surface area (Å²) in [5, 5.41) is 13.3. The van der Waals surface area contributed by atoms with Gasteiger partial charge in [0.15, 0.2) is 0 Å². The Hall–Kier alpha value is -2.21. The van der Waals surface area contributed by atoms with Crippen molar-refractivity contribution in [3.63, 3.8) is 0 Å². The largest absolute Gasteiger partial charge is 0.353 e. The molecule has 128 valence electrons. The van der Waals surface area contributed by atoms with Crippen molar-refractivity contribution in [3.8, 4) is 0 Å². The predicted molar refractivity (Wildman–Crippen MR) is 90.0 cm³/mol. The summed E-state index contributed by atoms with van der Waals surface area (Å²) in [6.45, 7) is 5.05. The molecule has 2 heterocycles. The number of nitrogens with zero attached hydrogens (tertiary/aromatic N) is 1. The molecule has 5 nitrogen and oxygen atoms in total. The summed E-state index contributed by atoms with van der Waals surface area (Å²) in [7, 11) is 0. The van der Waals surface area contributed by atoms with Gasteiger partial charge in [-0.2, -0.15) is 5.10 Å². The molecule has 1 aromatic heterocycles. The van der Waals surface area contributed by atoms with Gasteiger partial charge in [-0.15, -0.1) is 0 Å². The van der Waals surface area contributed by atoms with Crippen LogP contribution in [0.3, 0.4) is 0 Å². The highest BCUT2D eigenvalue weighted by Crippen LogP contribution is 2.29. The minimum atomic E-state index is -0.571. The number of nitrogens with one attached hydrogen (secondary N) is 3. The lowest BCUT2D eigenvalue weighted by Crippen LogP contribution is -2.63. The molecule has 0 radical (unpaired) electrons. The highest BCUT2D eigenvalue weighted by Gasteiger charge is 2.44. The van der Waals surface area contributed by atoms with Crippen LogP contribution in [-0.4, -0.2) is 35.2 Å². The second kappa shape index (κ2) is 6.73. The zero-order chi connectivity index (χ0) is 17.2. The third-order valence-corrected chi connectivity index (χ3v) is 4.55. The number of halogens is 1. The summed E-state index contributed by atoms with van der Waals surface area (Å²) in [4.78, 5) is 12.8. The molecule has 3 N–H and O–H groups in total. The first-order valence-corrected chi connectivity index (χ1v) is 8.24. The second-order valence-electron chi connectivity index (χ2n) is 6.77. The SMILES string of the molecule is Cc1cc(CC(C)NC(=O)C2(Cc3ccccc3F)CNC2)n[nH]1. The lowest BCUT2D eigenvalue weighted by Gasteiger charge is -2.42. The van der Waals surface area contributed by atoms with Crippen molar-refractivity contribution in [3.05, 3.63) is 53.1 Å². The Morgan fingerprint density at radius 1 is 1.42 bits per heavy atom. The van der Waals surface area contributed by atoms with Crippen LogP contribution >= 0.6 is 0 Å². The molecular formula is C18H23FN4O. The van der Waals surface area contributed by atoms with Crippen LogP contribution in [0.1, 0.15) is 23.9 Å². The van der Waals surface area contributed by atoms with Gasteiger partial charge in [-0.05, 0) is 38.0 Å². The molecular weight excluding hydrogens is 307 g/mol. The van der Waals surface area contributed by atoms with Crippen molar-refractivity contribution in [2.75, 3.05) is 13.1 Å². The lowest BCUT2D eigenvalue weighted by atomic mass is 9.75. The van der Waals surface area contributed by atoms with E-state index in [-0.39, 0.29) is 17.8 Å². The zero-order valence-electron chi connectivity index (χ0n) is 14.0. The Balaban J connectivity index is 1.64. The first-order valence-electron chi connectivity index (χ1n) is 8.24. The molecule has 1 atom stereocenters. The quantitative estimate of drug-likeness (QED) is 0.755. The van der Waals surface area contributed by atoms with Crippen LogP contribution < -0.4 is 10.6 Å². The fraction of sp³-hybridized carbons (Fsp3) is 0.444. The van der Waals surface area contributed by atoms with Crippen LogP contribution in [0, 0.1) is 18.2 Å². The van der Waals surface area contributed by atoms with Gasteiger partial charge in [0.05, 0.1) is 11.1 Å². The Bertz CT molecular complexity index is 723. The molecule has 1 unspecified atom stereocenters. The Morgan fingerprint density at radius 2 is 2.17 bits per heavy atom. The van der Waals surface area contributed by atoms with Crippen LogP contribution in [0.15, 0.2) is 30.3 Å². The number of benzene rings is 1. The van der Waals surface area contributed by atoms with E-state index in [0.29, 0.717) is 31.5 Å². The van der Waals surface area contributed by atoms with Crippen LogP contribution in [-0.2, 0) is 17.6 Å². The number of aryl methyl sites for hydroxylation is 1. The standard InChI is InChI=1S/C18H23FN4O/c1-12(7-15-8-13(2)22-23-15)21-17(24)18(10-20-11-18)9-14-5-3-4-6-16(14)19/h3-6,8,12,20H,7,9-11H2,1-2H3,(H,21,24)(H,22,23). The van der Waals surface area contributed by atoms with Crippen molar-refractivity contribution in [1.29, 1.82) is 0 Å². The van der Waals surface area contributed by atoms with E-state index < -0.39 is 5.41 Å². The molecule has 1 aliphatic rings. The van der Waals surface area contributed by atoms with Gasteiger partial charge in [-0.1, -0.05) is 18.2 Å². The minimum Gasteiger partial charge on any atom is -0.353 e. The highest BCUT2D eigenvalue weighted by atomic mass is 19.1. The summed E-state index contributed by atoms with van der Waals surface area (Å²) in [5.41, 5.74) is 1.94. The molecule has 0 saturated carbocycles. The summed E-state index contributed by atoms with van der Waals surface area (Å²) < 4.78 is 13.9. The van der Waals surface area contributed by atoms with Gasteiger partial charge in [0.1, 0.15) is 5.82 Å². The molecule has 24 heavy (non-hydrogen) atoms. The second-order valence-corrected chi connectivity index (χ2v) is 6.77. The molecule has 6 heteroatoms. The Labute approximate surface area is 141 Å². The first-order chi connectivity index (χ1) is 11.5. The maximum Gasteiger partial charge on any atom is 0.229 e. The van der Waals surface area contributed by atoms with Crippen molar-refractivity contribution in [2.24, 2.45) is 5.41 Å². The number of hydrogen-bond acceptors (Lipinski definition) is 3. The third-order valence-electron chi connectivity index (χ3n) is 4.55. The highest BCUT2D eigenvalue weighted by molar-refractivity contribution is 5.85. The number of carbonyl (C=O) groups is 1. The molecule has 1 aliphatic heterocycles. The summed E-state index contributed by atoms with van der Waals surface area (Å²) >= 11 is 0. The minimum absolute atomic E-state index is 0.0238. The van der Waals surface area contributed by atoms with E-state index in [4.69, 9.17) is 0 Å². The number of rotatable bonds is 6. The number of H-pyrrole nitrogens is 1. The number of aromatic nitrogens is 2. The van der Waals surface area contributed by atoms with Gasteiger partial charge in [0.2, 0.25) is 5.91 Å². The van der Waals surface area contributed by atoms with Gasteiger partial charge < -0.3 is 10.6 Å². The monoisotopic (exact) mass is 330 g/mol. The van der Waals surface area contributed by atoms with E-state index in [9.17, 15) is 9.18 Å². The molecule has 1 aromatic carbocycles. The molecule has 1 saturated heterocycles. The molecule has 0 bridgehead atoms. The number of carbonyl (C=O) groups excluding carboxylic acids is 1. The average Bonchev–Trinajstić information content (AvgIpc) is 2.89. The first kappa shape index (κ1) is 16.6. The lowest BCUT2D eigenvalue weighted by molar-refractivity contribution is -0.134. The molecule has 1 amide bonds. The van der Waals surface area contributed by atoms with E-state index in [0.717, 1.165) is 11.4 Å². The number of aromatic amines is 1. The van der Waals surface area contributed by atoms with Crippen LogP contribution in [0.4, 0.5) is 4.39 Å². The fourth-order valence-electron chi connectivity index (χ4n) is 3.12. The maximum absolute atomic E-state index is 13.9. The van der Waals surface area contributed by atoms with Gasteiger partial charge in [-0.3, -0.25) is 9.89 Å². The Morgan fingerprint density at radius 3 is 2.75 bits per heavy atom. The smallest absolute Gasteiger partial charge is 0.229 e. The normalized spacial score (nSPS) is 17.1. The van der Waals surface area contributed by atoms with E-state index in [1.165, 1.54) is 6.07 Å². The van der Waals surface area contributed by atoms with E-state index in [1.54, 1.807) is 18.2 Å². The van der Waals surface area contributed by atoms with E-state index >= 15 is 0 Å². The zero-order valence-corrected chi connectivity index (χ0v) is 14.0. The van der Waals surface area contributed by atoms with Crippen LogP contribution in [0.5, 0.6) is 0 Å². The number of hydrogen-bond donors (Lipinski definition) is 3. The number of amides is 1. The molecule has 2 aromatic rings. The summed E-state index contributed by atoms with van der Waals surface area (Å²) in [6, 6.07) is 8.60. The summed E-state index contributed by atoms with van der Waals surface area (Å²) in [5.74, 6) is -0.277. The predicted octanol–water partition coefficient (Wildman–Crippen LogP) is 1.74. The van der Waals surface area contributed by atoms with E-state index in [1.807, 2.05) is 19.9 Å².